The first-order valence-corrected chi connectivity index (χ1v) is 14.8. The van der Waals surface area contributed by atoms with Gasteiger partial charge in [-0.05, 0) is 55.5 Å². The Balaban J connectivity index is 1.21. The third-order valence-corrected chi connectivity index (χ3v) is 8.12. The van der Waals surface area contributed by atoms with Crippen LogP contribution in [0.25, 0.3) is 0 Å². The van der Waals surface area contributed by atoms with Crippen LogP contribution in [0.15, 0.2) is 36.4 Å². The summed E-state index contributed by atoms with van der Waals surface area (Å²) in [6.07, 6.45) is 2.60. The number of rotatable bonds is 11. The van der Waals surface area contributed by atoms with Crippen LogP contribution in [0.2, 0.25) is 10.0 Å². The summed E-state index contributed by atoms with van der Waals surface area (Å²) < 4.78 is 11.5. The Morgan fingerprint density at radius 2 is 1.80 bits per heavy atom. The summed E-state index contributed by atoms with van der Waals surface area (Å²) in [5, 5.41) is 1.22. The average Bonchev–Trinajstić information content (AvgIpc) is 2.93. The largest absolute Gasteiger partial charge is 0.494 e. The van der Waals surface area contributed by atoms with Crippen LogP contribution in [-0.4, -0.2) is 81.5 Å². The highest BCUT2D eigenvalue weighted by atomic mass is 35.5. The zero-order valence-electron chi connectivity index (χ0n) is 23.7. The molecule has 2 aromatic rings. The Labute approximate surface area is 247 Å². The van der Waals surface area contributed by atoms with Gasteiger partial charge in [0.05, 0.1) is 28.0 Å². The lowest BCUT2D eigenvalue weighted by Gasteiger charge is -2.36. The van der Waals surface area contributed by atoms with E-state index in [0.29, 0.717) is 47.7 Å². The van der Waals surface area contributed by atoms with Gasteiger partial charge in [0, 0.05) is 52.3 Å². The van der Waals surface area contributed by atoms with Crippen LogP contribution < -0.4 is 14.5 Å². The Kier molecular flexibility index (Phi) is 10.8. The Bertz CT molecular complexity index is 1170. The summed E-state index contributed by atoms with van der Waals surface area (Å²) >= 11 is 12.6. The molecule has 10 heteroatoms. The van der Waals surface area contributed by atoms with Gasteiger partial charge in [-0.25, -0.2) is 4.79 Å². The molecule has 2 heterocycles. The standard InChI is InChI=1S/C30H40Cl2N4O4/c1-22(2)20-33(3)30(38)40-21-36-27-19-24(11-9-23(27)10-12-28(36)37)39-18-5-4-13-34-14-16-35(17-15-34)26-8-6-7-25(31)29(26)32/h6-9,11,19,22H,4-5,10,12-18,20-21H2,1-3H3. The highest BCUT2D eigenvalue weighted by Gasteiger charge is 2.26. The van der Waals surface area contributed by atoms with Gasteiger partial charge < -0.3 is 19.3 Å². The maximum Gasteiger partial charge on any atom is 0.411 e. The van der Waals surface area contributed by atoms with Crippen molar-refractivity contribution in [3.05, 3.63) is 52.0 Å². The van der Waals surface area contributed by atoms with Crippen molar-refractivity contribution in [3.8, 4) is 5.75 Å². The van der Waals surface area contributed by atoms with Crippen LogP contribution in [0.1, 0.15) is 38.7 Å². The van der Waals surface area contributed by atoms with E-state index in [1.54, 1.807) is 11.9 Å². The number of nitrogens with zero attached hydrogens (tertiary/aromatic N) is 4. The number of aryl methyl sites for hydroxylation is 1. The third kappa shape index (κ3) is 7.95. The van der Waals surface area contributed by atoms with Crippen molar-refractivity contribution in [1.29, 1.82) is 0 Å². The molecule has 0 unspecified atom stereocenters. The van der Waals surface area contributed by atoms with Crippen LogP contribution in [-0.2, 0) is 16.0 Å². The smallest absolute Gasteiger partial charge is 0.411 e. The molecule has 2 aromatic carbocycles. The van der Waals surface area contributed by atoms with E-state index in [2.05, 4.69) is 9.80 Å². The number of anilines is 2. The zero-order chi connectivity index (χ0) is 28.6. The van der Waals surface area contributed by atoms with Crippen LogP contribution >= 0.6 is 23.2 Å². The highest BCUT2D eigenvalue weighted by Crippen LogP contribution is 2.33. The summed E-state index contributed by atoms with van der Waals surface area (Å²) in [6.45, 7) is 9.99. The van der Waals surface area contributed by atoms with E-state index in [-0.39, 0.29) is 12.6 Å². The summed E-state index contributed by atoms with van der Waals surface area (Å²) in [5.74, 6) is 0.995. The molecule has 8 nitrogen and oxygen atoms in total. The van der Waals surface area contributed by atoms with Gasteiger partial charge in [-0.1, -0.05) is 49.2 Å². The molecule has 0 spiro atoms. The van der Waals surface area contributed by atoms with Gasteiger partial charge in [0.2, 0.25) is 5.91 Å². The van der Waals surface area contributed by atoms with Crippen LogP contribution in [0, 0.1) is 5.92 Å². The van der Waals surface area contributed by atoms with E-state index < -0.39 is 6.09 Å². The quantitative estimate of drug-likeness (QED) is 0.302. The summed E-state index contributed by atoms with van der Waals surface area (Å²) in [6, 6.07) is 11.6. The van der Waals surface area contributed by atoms with Crippen molar-refractivity contribution in [1.82, 2.24) is 9.80 Å². The molecule has 40 heavy (non-hydrogen) atoms. The lowest BCUT2D eigenvalue weighted by molar-refractivity contribution is -0.119. The molecule has 2 aliphatic rings. The number of unbranched alkanes of at least 4 members (excludes halogenated alkanes) is 1. The van der Waals surface area contributed by atoms with Crippen molar-refractivity contribution in [2.24, 2.45) is 5.92 Å². The molecule has 0 radical (unpaired) electrons. The summed E-state index contributed by atoms with van der Waals surface area (Å²) in [4.78, 5) is 32.9. The fourth-order valence-electron chi connectivity index (χ4n) is 5.18. The fourth-order valence-corrected chi connectivity index (χ4v) is 5.59. The van der Waals surface area contributed by atoms with E-state index in [9.17, 15) is 9.59 Å². The molecule has 0 saturated carbocycles. The predicted octanol–water partition coefficient (Wildman–Crippen LogP) is 5.94. The molecule has 2 aliphatic heterocycles. The number of hydrogen-bond acceptors (Lipinski definition) is 6. The number of carbonyl (C=O) groups excluding carboxylic acids is 2. The van der Waals surface area contributed by atoms with Crippen molar-refractivity contribution in [2.45, 2.75) is 39.5 Å². The lowest BCUT2D eigenvalue weighted by Crippen LogP contribution is -2.46. The van der Waals surface area contributed by atoms with E-state index in [1.165, 1.54) is 4.90 Å². The maximum atomic E-state index is 12.7. The summed E-state index contributed by atoms with van der Waals surface area (Å²) in [5.41, 5.74) is 2.81. The van der Waals surface area contributed by atoms with Gasteiger partial charge in [-0.15, -0.1) is 0 Å². The minimum absolute atomic E-state index is 0.0540. The second-order valence-corrected chi connectivity index (χ2v) is 11.7. The third-order valence-electron chi connectivity index (χ3n) is 7.31. The molecular formula is C30H40Cl2N4O4. The monoisotopic (exact) mass is 590 g/mol. The van der Waals surface area contributed by atoms with Crippen LogP contribution in [0.5, 0.6) is 5.75 Å². The predicted molar refractivity (Wildman–Crippen MR) is 161 cm³/mol. The lowest BCUT2D eigenvalue weighted by atomic mass is 10.0. The van der Waals surface area contributed by atoms with Crippen molar-refractivity contribution < 1.29 is 19.1 Å². The second kappa shape index (κ2) is 14.3. The van der Waals surface area contributed by atoms with E-state index in [1.807, 2.05) is 50.2 Å². The molecule has 0 aromatic heterocycles. The Morgan fingerprint density at radius 1 is 1.02 bits per heavy atom. The minimum atomic E-state index is -0.435. The van der Waals surface area contributed by atoms with E-state index in [4.69, 9.17) is 32.7 Å². The molecule has 0 N–H and O–H groups in total. The minimum Gasteiger partial charge on any atom is -0.494 e. The Morgan fingerprint density at radius 3 is 2.55 bits per heavy atom. The number of carbonyl (C=O) groups is 2. The molecule has 218 valence electrons. The normalized spacial score (nSPS) is 15.8. The molecule has 2 amide bonds. The topological polar surface area (TPSA) is 65.6 Å². The van der Waals surface area contributed by atoms with Gasteiger partial charge in [0.25, 0.3) is 0 Å². The van der Waals surface area contributed by atoms with Crippen molar-refractivity contribution >= 4 is 46.6 Å². The second-order valence-electron chi connectivity index (χ2n) is 10.9. The van der Waals surface area contributed by atoms with E-state index in [0.717, 1.165) is 62.5 Å². The van der Waals surface area contributed by atoms with Crippen LogP contribution in [0.4, 0.5) is 16.2 Å². The number of fused-ring (bicyclic) bond motifs is 1. The van der Waals surface area contributed by atoms with Crippen LogP contribution in [0.3, 0.4) is 0 Å². The molecule has 0 atom stereocenters. The molecule has 0 bridgehead atoms. The molecule has 0 aliphatic carbocycles. The molecular weight excluding hydrogens is 551 g/mol. The average molecular weight is 592 g/mol. The number of hydrogen-bond donors (Lipinski definition) is 0. The van der Waals surface area contributed by atoms with Gasteiger partial charge >= 0.3 is 6.09 Å². The fraction of sp³-hybridized carbons (Fsp3) is 0.533. The first-order chi connectivity index (χ1) is 19.2. The summed E-state index contributed by atoms with van der Waals surface area (Å²) in [7, 11) is 1.71. The number of benzene rings is 2. The van der Waals surface area contributed by atoms with Gasteiger partial charge in [-0.3, -0.25) is 14.6 Å². The number of ether oxygens (including phenoxy) is 2. The van der Waals surface area contributed by atoms with Gasteiger partial charge in [-0.2, -0.15) is 0 Å². The first kappa shape index (κ1) is 30.3. The van der Waals surface area contributed by atoms with Gasteiger partial charge in [0.1, 0.15) is 5.75 Å². The van der Waals surface area contributed by atoms with E-state index >= 15 is 0 Å². The SMILES string of the molecule is CC(C)CN(C)C(=O)OCN1C(=O)CCc2ccc(OCCCCN3CCN(c4cccc(Cl)c4Cl)CC3)cc21. The zero-order valence-corrected chi connectivity index (χ0v) is 25.2. The molecule has 1 fully saturated rings. The molecule has 4 rings (SSSR count). The first-order valence-electron chi connectivity index (χ1n) is 14.1. The number of amides is 2. The number of piperazine rings is 1. The maximum absolute atomic E-state index is 12.7. The van der Waals surface area contributed by atoms with Gasteiger partial charge in [0.15, 0.2) is 6.73 Å². The molecule has 1 saturated heterocycles. The van der Waals surface area contributed by atoms with Crippen molar-refractivity contribution in [3.63, 3.8) is 0 Å². The number of halogens is 2. The van der Waals surface area contributed by atoms with Crippen molar-refractivity contribution in [2.75, 3.05) is 69.5 Å². The highest BCUT2D eigenvalue weighted by molar-refractivity contribution is 6.43. The Hall–Kier alpha value is -2.68.